The van der Waals surface area contributed by atoms with Gasteiger partial charge in [0.15, 0.2) is 0 Å². The van der Waals surface area contributed by atoms with E-state index in [-0.39, 0.29) is 0 Å². The molecule has 3 aromatic rings. The molecule has 0 saturated heterocycles. The summed E-state index contributed by atoms with van der Waals surface area (Å²) in [5, 5.41) is 1.10. The zero-order chi connectivity index (χ0) is 14.5. The van der Waals surface area contributed by atoms with Crippen LogP contribution >= 0.6 is 22.6 Å². The van der Waals surface area contributed by atoms with E-state index in [1.54, 1.807) is 6.20 Å². The Morgan fingerprint density at radius 2 is 1.95 bits per heavy atom. The van der Waals surface area contributed by atoms with Gasteiger partial charge in [-0.15, -0.1) is 0 Å². The molecule has 0 spiro atoms. The van der Waals surface area contributed by atoms with Crippen LogP contribution in [-0.2, 0) is 0 Å². The second kappa shape index (κ2) is 6.59. The van der Waals surface area contributed by atoms with Gasteiger partial charge in [0.05, 0.1) is 9.09 Å². The Morgan fingerprint density at radius 1 is 1.05 bits per heavy atom. The minimum atomic E-state index is 0.380. The van der Waals surface area contributed by atoms with Crippen molar-refractivity contribution < 1.29 is 4.74 Å². The highest BCUT2D eigenvalue weighted by Gasteiger charge is 1.97. The standard InChI is InChI=1S/C18H12INO/c19-16-7-1-2-8-18(16)21-12-4-5-14-9-10-17-15(13-14)6-3-11-20-17/h1-3,6-11,13H,12H2. The van der Waals surface area contributed by atoms with Crippen LogP contribution in [0.4, 0.5) is 0 Å². The number of para-hydroxylation sites is 1. The van der Waals surface area contributed by atoms with Crippen molar-refractivity contribution in [2.45, 2.75) is 0 Å². The lowest BCUT2D eigenvalue weighted by Crippen LogP contribution is -1.95. The van der Waals surface area contributed by atoms with E-state index in [1.165, 1.54) is 0 Å². The maximum absolute atomic E-state index is 5.65. The van der Waals surface area contributed by atoms with Crippen LogP contribution in [0.25, 0.3) is 10.9 Å². The SMILES string of the molecule is Ic1ccccc1OCC#Cc1ccc2ncccc2c1. The van der Waals surface area contributed by atoms with Gasteiger partial charge in [-0.05, 0) is 59.0 Å². The summed E-state index contributed by atoms with van der Waals surface area (Å²) in [6, 6.07) is 17.9. The number of nitrogens with zero attached hydrogens (tertiary/aromatic N) is 1. The minimum absolute atomic E-state index is 0.380. The fraction of sp³-hybridized carbons (Fsp3) is 0.0556. The molecule has 21 heavy (non-hydrogen) atoms. The van der Waals surface area contributed by atoms with Crippen molar-refractivity contribution in [3.8, 4) is 17.6 Å². The number of aromatic nitrogens is 1. The number of halogens is 1. The molecule has 0 aliphatic rings. The summed E-state index contributed by atoms with van der Waals surface area (Å²) in [5.41, 5.74) is 1.96. The van der Waals surface area contributed by atoms with Gasteiger partial charge in [-0.1, -0.05) is 30.0 Å². The summed E-state index contributed by atoms with van der Waals surface area (Å²) in [6.07, 6.45) is 1.79. The second-order valence-corrected chi connectivity index (χ2v) is 5.59. The van der Waals surface area contributed by atoms with Gasteiger partial charge in [-0.3, -0.25) is 4.98 Å². The predicted octanol–water partition coefficient (Wildman–Crippen LogP) is 4.27. The van der Waals surface area contributed by atoms with Crippen LogP contribution < -0.4 is 4.74 Å². The summed E-state index contributed by atoms with van der Waals surface area (Å²) in [6.45, 7) is 0.380. The molecule has 3 rings (SSSR count). The van der Waals surface area contributed by atoms with Gasteiger partial charge < -0.3 is 4.74 Å². The Morgan fingerprint density at radius 3 is 2.86 bits per heavy atom. The van der Waals surface area contributed by atoms with Gasteiger partial charge in [-0.25, -0.2) is 0 Å². The lowest BCUT2D eigenvalue weighted by molar-refractivity contribution is 0.367. The van der Waals surface area contributed by atoms with Crippen LogP contribution in [0.5, 0.6) is 5.75 Å². The molecule has 0 aliphatic carbocycles. The molecule has 3 heteroatoms. The Labute approximate surface area is 137 Å². The highest BCUT2D eigenvalue weighted by molar-refractivity contribution is 14.1. The molecule has 2 aromatic carbocycles. The third-order valence-electron chi connectivity index (χ3n) is 2.97. The molecule has 1 heterocycles. The lowest BCUT2D eigenvalue weighted by atomic mass is 10.1. The van der Waals surface area contributed by atoms with Crippen molar-refractivity contribution in [2.75, 3.05) is 6.61 Å². The Bertz CT molecular complexity index is 833. The number of hydrogen-bond donors (Lipinski definition) is 0. The third-order valence-corrected chi connectivity index (χ3v) is 3.86. The van der Waals surface area contributed by atoms with Crippen LogP contribution in [0.15, 0.2) is 60.8 Å². The normalized spacial score (nSPS) is 9.95. The largest absolute Gasteiger partial charge is 0.480 e. The molecule has 1 aromatic heterocycles. The first kappa shape index (κ1) is 13.9. The smallest absolute Gasteiger partial charge is 0.149 e. The van der Waals surface area contributed by atoms with Crippen molar-refractivity contribution >= 4 is 33.5 Å². The average Bonchev–Trinajstić information content (AvgIpc) is 2.53. The molecule has 0 bridgehead atoms. The fourth-order valence-electron chi connectivity index (χ4n) is 1.97. The molecule has 2 nitrogen and oxygen atoms in total. The number of benzene rings is 2. The molecule has 0 atom stereocenters. The predicted molar refractivity (Wildman–Crippen MR) is 93.3 cm³/mol. The highest BCUT2D eigenvalue weighted by atomic mass is 127. The summed E-state index contributed by atoms with van der Waals surface area (Å²) < 4.78 is 6.74. The maximum atomic E-state index is 5.65. The van der Waals surface area contributed by atoms with Gasteiger partial charge in [0, 0.05) is 17.1 Å². The zero-order valence-corrected chi connectivity index (χ0v) is 13.4. The van der Waals surface area contributed by atoms with Crippen LogP contribution in [-0.4, -0.2) is 11.6 Å². The number of ether oxygens (including phenoxy) is 1. The molecule has 0 amide bonds. The number of fused-ring (bicyclic) bond motifs is 1. The van der Waals surface area contributed by atoms with Gasteiger partial charge in [-0.2, -0.15) is 0 Å². The van der Waals surface area contributed by atoms with E-state index in [9.17, 15) is 0 Å². The van der Waals surface area contributed by atoms with E-state index < -0.39 is 0 Å². The molecule has 0 aliphatic heterocycles. The topological polar surface area (TPSA) is 22.1 Å². The van der Waals surface area contributed by atoms with Gasteiger partial charge >= 0.3 is 0 Å². The molecule has 0 unspecified atom stereocenters. The lowest BCUT2D eigenvalue weighted by Gasteiger charge is -2.03. The molecular weight excluding hydrogens is 373 g/mol. The number of hydrogen-bond acceptors (Lipinski definition) is 2. The van der Waals surface area contributed by atoms with Gasteiger partial charge in [0.25, 0.3) is 0 Å². The first-order valence-electron chi connectivity index (χ1n) is 6.54. The van der Waals surface area contributed by atoms with Crippen molar-refractivity contribution in [3.05, 3.63) is 69.9 Å². The van der Waals surface area contributed by atoms with E-state index in [0.29, 0.717) is 6.61 Å². The average molecular weight is 385 g/mol. The minimum Gasteiger partial charge on any atom is -0.480 e. The van der Waals surface area contributed by atoms with Gasteiger partial charge in [0.2, 0.25) is 0 Å². The van der Waals surface area contributed by atoms with E-state index in [0.717, 1.165) is 25.8 Å². The first-order chi connectivity index (χ1) is 10.3. The van der Waals surface area contributed by atoms with Gasteiger partial charge in [0.1, 0.15) is 12.4 Å². The molecule has 0 fully saturated rings. The van der Waals surface area contributed by atoms with E-state index >= 15 is 0 Å². The third kappa shape index (κ3) is 3.53. The first-order valence-corrected chi connectivity index (χ1v) is 7.62. The van der Waals surface area contributed by atoms with Crippen LogP contribution in [0.1, 0.15) is 5.56 Å². The Kier molecular flexibility index (Phi) is 4.37. The molecule has 0 radical (unpaired) electrons. The van der Waals surface area contributed by atoms with Crippen molar-refractivity contribution in [1.82, 2.24) is 4.98 Å². The second-order valence-electron chi connectivity index (χ2n) is 4.43. The highest BCUT2D eigenvalue weighted by Crippen LogP contribution is 2.19. The van der Waals surface area contributed by atoms with Crippen LogP contribution in [0.3, 0.4) is 0 Å². The Balaban J connectivity index is 1.70. The van der Waals surface area contributed by atoms with E-state index in [4.69, 9.17) is 4.74 Å². The summed E-state index contributed by atoms with van der Waals surface area (Å²) in [4.78, 5) is 4.29. The van der Waals surface area contributed by atoms with Crippen molar-refractivity contribution in [1.29, 1.82) is 0 Å². The monoisotopic (exact) mass is 385 g/mol. The maximum Gasteiger partial charge on any atom is 0.149 e. The fourth-order valence-corrected chi connectivity index (χ4v) is 2.51. The zero-order valence-electron chi connectivity index (χ0n) is 11.2. The molecule has 0 saturated carbocycles. The van der Waals surface area contributed by atoms with Crippen LogP contribution in [0, 0.1) is 15.4 Å². The van der Waals surface area contributed by atoms with E-state index in [1.807, 2.05) is 54.6 Å². The van der Waals surface area contributed by atoms with E-state index in [2.05, 4.69) is 39.4 Å². The summed E-state index contributed by atoms with van der Waals surface area (Å²) >= 11 is 2.25. The van der Waals surface area contributed by atoms with Crippen molar-refractivity contribution in [2.24, 2.45) is 0 Å². The number of pyridine rings is 1. The quantitative estimate of drug-likeness (QED) is 0.486. The summed E-state index contributed by atoms with van der Waals surface area (Å²) in [7, 11) is 0. The number of rotatable bonds is 2. The summed E-state index contributed by atoms with van der Waals surface area (Å²) in [5.74, 6) is 7.04. The molecule has 0 N–H and O–H groups in total. The molecule has 102 valence electrons. The van der Waals surface area contributed by atoms with Crippen molar-refractivity contribution in [3.63, 3.8) is 0 Å². The Hall–Kier alpha value is -2.06. The molecular formula is C18H12INO. The van der Waals surface area contributed by atoms with Crippen LogP contribution in [0.2, 0.25) is 0 Å².